The molecule has 2 unspecified atom stereocenters. The van der Waals surface area contributed by atoms with Crippen LogP contribution in [0, 0.1) is 17.1 Å². The predicted octanol–water partition coefficient (Wildman–Crippen LogP) is 3.91. The summed E-state index contributed by atoms with van der Waals surface area (Å²) in [6, 6.07) is 8.06. The van der Waals surface area contributed by atoms with Crippen molar-refractivity contribution in [3.63, 3.8) is 0 Å². The first-order valence-corrected chi connectivity index (χ1v) is 7.88. The second-order valence-electron chi connectivity index (χ2n) is 6.59. The van der Waals surface area contributed by atoms with Crippen LogP contribution in [0.4, 0.5) is 4.39 Å². The molecule has 108 valence electrons. The molecule has 0 aromatic heterocycles. The third-order valence-corrected chi connectivity index (χ3v) is 5.27. The summed E-state index contributed by atoms with van der Waals surface area (Å²) in [5, 5.41) is 8.82. The first kappa shape index (κ1) is 13.0. The van der Waals surface area contributed by atoms with Crippen molar-refractivity contribution in [2.75, 3.05) is 0 Å². The van der Waals surface area contributed by atoms with Gasteiger partial charge in [-0.05, 0) is 50.7 Å². The maximum absolute atomic E-state index is 14.1. The van der Waals surface area contributed by atoms with Gasteiger partial charge in [-0.2, -0.15) is 5.26 Å². The van der Waals surface area contributed by atoms with Crippen molar-refractivity contribution >= 4 is 0 Å². The number of rotatable bonds is 2. The molecule has 1 aromatic rings. The fraction of sp³-hybridized carbons (Fsp3) is 0.500. The smallest absolute Gasteiger partial charge is 0.129 e. The highest BCUT2D eigenvalue weighted by Crippen LogP contribution is 2.45. The number of allylic oxidation sites excluding steroid dienone is 1. The highest BCUT2D eigenvalue weighted by molar-refractivity contribution is 5.33. The van der Waals surface area contributed by atoms with Crippen LogP contribution in [0.5, 0.6) is 0 Å². The van der Waals surface area contributed by atoms with Gasteiger partial charge >= 0.3 is 0 Å². The van der Waals surface area contributed by atoms with Gasteiger partial charge in [-0.3, -0.25) is 4.90 Å². The standard InChI is InChI=1S/C18H19FN2/c19-18-7-12(10-20)1-2-14(18)11-21-16-5-6-17(21)9-15(8-16)13-3-4-13/h1-2,7,16-17H,3-6,8-9,11H2. The Kier molecular flexibility index (Phi) is 3.08. The zero-order chi connectivity index (χ0) is 14.4. The summed E-state index contributed by atoms with van der Waals surface area (Å²) in [4.78, 5) is 2.50. The lowest BCUT2D eigenvalue weighted by Gasteiger charge is -2.36. The van der Waals surface area contributed by atoms with Crippen LogP contribution in [-0.4, -0.2) is 17.0 Å². The lowest BCUT2D eigenvalue weighted by atomic mass is 9.95. The summed E-state index contributed by atoms with van der Waals surface area (Å²) in [6.07, 6.45) is 7.53. The molecule has 3 fully saturated rings. The molecule has 2 heterocycles. The van der Waals surface area contributed by atoms with E-state index in [4.69, 9.17) is 5.26 Å². The first-order chi connectivity index (χ1) is 10.2. The van der Waals surface area contributed by atoms with E-state index in [-0.39, 0.29) is 5.82 Å². The minimum Gasteiger partial charge on any atom is -0.292 e. The van der Waals surface area contributed by atoms with Crippen LogP contribution in [0.1, 0.15) is 49.7 Å². The Balaban J connectivity index is 1.53. The van der Waals surface area contributed by atoms with Gasteiger partial charge in [0.25, 0.3) is 0 Å². The van der Waals surface area contributed by atoms with Gasteiger partial charge in [0.15, 0.2) is 0 Å². The summed E-state index contributed by atoms with van der Waals surface area (Å²) in [5.74, 6) is -0.236. The Labute approximate surface area is 124 Å². The average molecular weight is 282 g/mol. The Bertz CT molecular complexity index is 634. The number of hydrogen-bond donors (Lipinski definition) is 0. The van der Waals surface area contributed by atoms with E-state index in [9.17, 15) is 4.39 Å². The summed E-state index contributed by atoms with van der Waals surface area (Å²) in [7, 11) is 0. The number of piperidine rings is 1. The SMILES string of the molecule is N#Cc1ccc(CN2C3CCC2CC(=C2CC2)C3)c(F)c1. The topological polar surface area (TPSA) is 27.0 Å². The second-order valence-corrected chi connectivity index (χ2v) is 6.59. The molecule has 0 radical (unpaired) electrons. The van der Waals surface area contributed by atoms with Crippen LogP contribution in [0.2, 0.25) is 0 Å². The number of benzene rings is 1. The van der Waals surface area contributed by atoms with E-state index in [1.807, 2.05) is 6.07 Å². The van der Waals surface area contributed by atoms with Gasteiger partial charge in [-0.25, -0.2) is 4.39 Å². The average Bonchev–Trinajstić information content (AvgIpc) is 3.29. The number of nitrogens with zero attached hydrogens (tertiary/aromatic N) is 2. The molecule has 2 aliphatic heterocycles. The van der Waals surface area contributed by atoms with Gasteiger partial charge in [0.05, 0.1) is 11.6 Å². The van der Waals surface area contributed by atoms with Crippen molar-refractivity contribution < 1.29 is 4.39 Å². The first-order valence-electron chi connectivity index (χ1n) is 7.88. The van der Waals surface area contributed by atoms with Crippen LogP contribution < -0.4 is 0 Å². The van der Waals surface area contributed by atoms with E-state index in [0.717, 1.165) is 5.56 Å². The van der Waals surface area contributed by atoms with E-state index in [0.29, 0.717) is 24.2 Å². The molecule has 0 amide bonds. The molecule has 1 aromatic carbocycles. The minimum atomic E-state index is -0.236. The van der Waals surface area contributed by atoms with Crippen LogP contribution in [-0.2, 0) is 6.54 Å². The molecule has 2 saturated heterocycles. The monoisotopic (exact) mass is 282 g/mol. The zero-order valence-electron chi connectivity index (χ0n) is 12.1. The van der Waals surface area contributed by atoms with Gasteiger partial charge in [0.1, 0.15) is 5.82 Å². The molecular formula is C18H19FN2. The van der Waals surface area contributed by atoms with Crippen molar-refractivity contribution in [2.24, 2.45) is 0 Å². The third-order valence-electron chi connectivity index (χ3n) is 5.27. The Morgan fingerprint density at radius 2 is 1.86 bits per heavy atom. The number of hydrogen-bond acceptors (Lipinski definition) is 2. The second kappa shape index (κ2) is 4.96. The van der Waals surface area contributed by atoms with Gasteiger partial charge in [0, 0.05) is 24.2 Å². The lowest BCUT2D eigenvalue weighted by molar-refractivity contribution is 0.155. The maximum atomic E-state index is 14.1. The Hall–Kier alpha value is -1.66. The van der Waals surface area contributed by atoms with Gasteiger partial charge in [-0.15, -0.1) is 0 Å². The van der Waals surface area contributed by atoms with E-state index in [1.165, 1.54) is 44.6 Å². The summed E-state index contributed by atoms with van der Waals surface area (Å²) >= 11 is 0. The molecule has 2 nitrogen and oxygen atoms in total. The molecular weight excluding hydrogens is 263 g/mol. The van der Waals surface area contributed by atoms with Crippen molar-refractivity contribution in [1.29, 1.82) is 5.26 Å². The quantitative estimate of drug-likeness (QED) is 0.769. The number of fused-ring (bicyclic) bond motifs is 2. The zero-order valence-corrected chi connectivity index (χ0v) is 12.1. The molecule has 4 rings (SSSR count). The molecule has 1 aliphatic carbocycles. The van der Waals surface area contributed by atoms with Crippen LogP contribution in [0.15, 0.2) is 29.3 Å². The molecule has 0 spiro atoms. The highest BCUT2D eigenvalue weighted by atomic mass is 19.1. The van der Waals surface area contributed by atoms with E-state index in [1.54, 1.807) is 23.3 Å². The molecule has 0 N–H and O–H groups in total. The Morgan fingerprint density at radius 1 is 1.14 bits per heavy atom. The van der Waals surface area contributed by atoms with Gasteiger partial charge in [-0.1, -0.05) is 17.2 Å². The molecule has 3 aliphatic rings. The normalized spacial score (nSPS) is 27.8. The fourth-order valence-corrected chi connectivity index (χ4v) is 4.01. The summed E-state index contributed by atoms with van der Waals surface area (Å²) in [5.41, 5.74) is 4.54. The van der Waals surface area contributed by atoms with Crippen LogP contribution >= 0.6 is 0 Å². The van der Waals surface area contributed by atoms with E-state index >= 15 is 0 Å². The van der Waals surface area contributed by atoms with Crippen molar-refractivity contribution in [3.05, 3.63) is 46.3 Å². The highest BCUT2D eigenvalue weighted by Gasteiger charge is 2.40. The largest absolute Gasteiger partial charge is 0.292 e. The van der Waals surface area contributed by atoms with E-state index < -0.39 is 0 Å². The third kappa shape index (κ3) is 2.38. The molecule has 21 heavy (non-hydrogen) atoms. The van der Waals surface area contributed by atoms with Crippen molar-refractivity contribution in [1.82, 2.24) is 4.90 Å². The molecule has 2 atom stereocenters. The lowest BCUT2D eigenvalue weighted by Crippen LogP contribution is -2.40. The molecule has 3 heteroatoms. The Morgan fingerprint density at radius 3 is 2.43 bits per heavy atom. The molecule has 2 bridgehead atoms. The molecule has 1 saturated carbocycles. The maximum Gasteiger partial charge on any atom is 0.129 e. The summed E-state index contributed by atoms with van der Waals surface area (Å²) in [6.45, 7) is 0.690. The summed E-state index contributed by atoms with van der Waals surface area (Å²) < 4.78 is 14.1. The van der Waals surface area contributed by atoms with Crippen LogP contribution in [0.25, 0.3) is 0 Å². The minimum absolute atomic E-state index is 0.236. The van der Waals surface area contributed by atoms with Crippen molar-refractivity contribution in [2.45, 2.75) is 57.2 Å². The van der Waals surface area contributed by atoms with Gasteiger partial charge in [0.2, 0.25) is 0 Å². The number of nitriles is 1. The predicted molar refractivity (Wildman–Crippen MR) is 79.0 cm³/mol. The fourth-order valence-electron chi connectivity index (χ4n) is 4.01. The van der Waals surface area contributed by atoms with Gasteiger partial charge < -0.3 is 0 Å². The van der Waals surface area contributed by atoms with Crippen molar-refractivity contribution in [3.8, 4) is 6.07 Å². The number of halogens is 1. The van der Waals surface area contributed by atoms with E-state index in [2.05, 4.69) is 4.90 Å². The van der Waals surface area contributed by atoms with Crippen LogP contribution in [0.3, 0.4) is 0 Å².